The highest BCUT2D eigenvalue weighted by Crippen LogP contribution is 2.51. The number of primary amides is 1. The fourth-order valence-electron chi connectivity index (χ4n) is 4.73. The topological polar surface area (TPSA) is 102 Å². The van der Waals surface area contributed by atoms with Gasteiger partial charge in [-0.2, -0.15) is 0 Å². The van der Waals surface area contributed by atoms with Crippen LogP contribution in [0.5, 0.6) is 11.5 Å². The molecule has 1 unspecified atom stereocenters. The van der Waals surface area contributed by atoms with E-state index in [1.165, 1.54) is 4.90 Å². The Morgan fingerprint density at radius 3 is 2.48 bits per heavy atom. The van der Waals surface area contributed by atoms with Gasteiger partial charge in [-0.3, -0.25) is 9.59 Å². The fourth-order valence-corrected chi connectivity index (χ4v) is 4.73. The highest BCUT2D eigenvalue weighted by molar-refractivity contribution is 5.93. The molecule has 2 aromatic rings. The molecule has 3 atom stereocenters. The van der Waals surface area contributed by atoms with Crippen molar-refractivity contribution >= 4 is 11.8 Å². The summed E-state index contributed by atoms with van der Waals surface area (Å²) in [5.74, 6) is -0.243. The summed E-state index contributed by atoms with van der Waals surface area (Å²) in [5, 5.41) is 11.4. The molecule has 7 heteroatoms. The van der Waals surface area contributed by atoms with E-state index in [1.54, 1.807) is 32.3 Å². The highest BCUT2D eigenvalue weighted by atomic mass is 16.5. The van der Waals surface area contributed by atoms with E-state index >= 15 is 0 Å². The van der Waals surface area contributed by atoms with Gasteiger partial charge in [0.25, 0.3) is 5.91 Å². The monoisotopic (exact) mass is 424 g/mol. The molecule has 0 saturated heterocycles. The normalized spacial score (nSPS) is 26.0. The molecule has 0 aliphatic carbocycles. The number of aryl methyl sites for hydroxylation is 1. The Morgan fingerprint density at radius 2 is 1.81 bits per heavy atom. The number of fused-ring (bicyclic) bond motifs is 2. The fraction of sp³-hybridized carbons (Fsp3) is 0.417. The number of aliphatic hydroxyl groups is 1. The Bertz CT molecular complexity index is 1050. The second kappa shape index (κ2) is 7.27. The first kappa shape index (κ1) is 21.2. The van der Waals surface area contributed by atoms with Gasteiger partial charge in [0.2, 0.25) is 5.91 Å². The predicted octanol–water partition coefficient (Wildman–Crippen LogP) is 2.25. The molecule has 2 heterocycles. The number of nitrogens with zero attached hydrogens (tertiary/aromatic N) is 1. The average molecular weight is 424 g/mol. The molecule has 0 fully saturated rings. The lowest BCUT2D eigenvalue weighted by atomic mass is 9.68. The molecule has 2 aliphatic heterocycles. The molecule has 164 valence electrons. The van der Waals surface area contributed by atoms with Gasteiger partial charge in [0.15, 0.2) is 5.60 Å². The zero-order chi connectivity index (χ0) is 22.6. The maximum atomic E-state index is 13.6. The summed E-state index contributed by atoms with van der Waals surface area (Å²) in [6.45, 7) is 3.62. The van der Waals surface area contributed by atoms with Crippen molar-refractivity contribution in [2.24, 2.45) is 5.73 Å². The molecule has 2 amide bonds. The minimum atomic E-state index is -1.33. The molecule has 2 aliphatic rings. The second-order valence-electron chi connectivity index (χ2n) is 9.04. The van der Waals surface area contributed by atoms with Crippen LogP contribution in [0.3, 0.4) is 0 Å². The summed E-state index contributed by atoms with van der Waals surface area (Å²) < 4.78 is 12.5. The number of carbonyl (C=O) groups is 2. The molecule has 4 rings (SSSR count). The number of aliphatic hydroxyl groups excluding tert-OH is 1. The number of rotatable bonds is 3. The molecule has 31 heavy (non-hydrogen) atoms. The first-order chi connectivity index (χ1) is 14.6. The Hall–Kier alpha value is -3.06. The van der Waals surface area contributed by atoms with Crippen LogP contribution in [-0.2, 0) is 11.2 Å². The predicted molar refractivity (Wildman–Crippen MR) is 115 cm³/mol. The molecule has 0 bridgehead atoms. The number of amides is 2. The van der Waals surface area contributed by atoms with Crippen molar-refractivity contribution in [1.82, 2.24) is 4.90 Å². The van der Waals surface area contributed by atoms with Gasteiger partial charge in [-0.05, 0) is 50.1 Å². The standard InChI is InChI=1S/C24H28N2O5/c1-23(2)20(27)19(16-7-5-6-8-18(16)30-23)24(22(29)26(3)4)12-11-14-13-15(21(25)28)9-10-17(14)31-24/h5-10,13,19-20,27H,11-12H2,1-4H3,(H2,25,28)/t19-,20+,24?/m1/s1. The molecule has 3 N–H and O–H groups in total. The van der Waals surface area contributed by atoms with E-state index in [1.807, 2.05) is 38.1 Å². The van der Waals surface area contributed by atoms with Crippen LogP contribution in [0, 0.1) is 0 Å². The van der Waals surface area contributed by atoms with E-state index in [0.29, 0.717) is 29.9 Å². The van der Waals surface area contributed by atoms with Crippen LogP contribution in [0.1, 0.15) is 47.7 Å². The van der Waals surface area contributed by atoms with Gasteiger partial charge in [0.1, 0.15) is 23.2 Å². The summed E-state index contributed by atoms with van der Waals surface area (Å²) >= 11 is 0. The van der Waals surface area contributed by atoms with Crippen molar-refractivity contribution in [2.75, 3.05) is 14.1 Å². The summed E-state index contributed by atoms with van der Waals surface area (Å²) in [4.78, 5) is 26.7. The number of benzene rings is 2. The number of likely N-dealkylation sites (N-methyl/N-ethyl adjacent to an activating group) is 1. The SMILES string of the molecule is CN(C)C(=O)C1([C@@H]2c3ccccc3OC(C)(C)[C@H]2O)CCc2cc(C(N)=O)ccc2O1. The maximum absolute atomic E-state index is 13.6. The van der Waals surface area contributed by atoms with Crippen LogP contribution >= 0.6 is 0 Å². The van der Waals surface area contributed by atoms with Gasteiger partial charge in [-0.15, -0.1) is 0 Å². The Balaban J connectivity index is 1.89. The zero-order valence-corrected chi connectivity index (χ0v) is 18.2. The highest BCUT2D eigenvalue weighted by Gasteiger charge is 2.59. The van der Waals surface area contributed by atoms with Crippen LogP contribution in [-0.4, -0.2) is 53.2 Å². The Kier molecular flexibility index (Phi) is 4.97. The smallest absolute Gasteiger partial charge is 0.267 e. The lowest BCUT2D eigenvalue weighted by Gasteiger charge is -2.51. The molecule has 0 aromatic heterocycles. The third kappa shape index (κ3) is 3.33. The van der Waals surface area contributed by atoms with Gasteiger partial charge in [-0.25, -0.2) is 0 Å². The van der Waals surface area contributed by atoms with Crippen molar-refractivity contribution < 1.29 is 24.2 Å². The minimum absolute atomic E-state index is 0.228. The molecule has 2 aromatic carbocycles. The van der Waals surface area contributed by atoms with E-state index in [9.17, 15) is 14.7 Å². The molecule has 7 nitrogen and oxygen atoms in total. The third-order valence-corrected chi connectivity index (χ3v) is 6.33. The third-order valence-electron chi connectivity index (χ3n) is 6.33. The Morgan fingerprint density at radius 1 is 1.10 bits per heavy atom. The van der Waals surface area contributed by atoms with E-state index in [0.717, 1.165) is 11.1 Å². The lowest BCUT2D eigenvalue weighted by Crippen LogP contribution is -2.63. The number of ether oxygens (including phenoxy) is 2. The van der Waals surface area contributed by atoms with E-state index in [2.05, 4.69) is 0 Å². The van der Waals surface area contributed by atoms with Crippen LogP contribution in [0.25, 0.3) is 0 Å². The van der Waals surface area contributed by atoms with Gasteiger partial charge in [0, 0.05) is 31.6 Å². The summed E-state index contributed by atoms with van der Waals surface area (Å²) in [7, 11) is 3.36. The first-order valence-electron chi connectivity index (χ1n) is 10.4. The van der Waals surface area contributed by atoms with Crippen molar-refractivity contribution in [3.05, 3.63) is 59.2 Å². The number of nitrogens with two attached hydrogens (primary N) is 1. The second-order valence-corrected chi connectivity index (χ2v) is 9.04. The number of hydrogen-bond donors (Lipinski definition) is 2. The van der Waals surface area contributed by atoms with Crippen LogP contribution in [0.4, 0.5) is 0 Å². The zero-order valence-electron chi connectivity index (χ0n) is 18.2. The quantitative estimate of drug-likeness (QED) is 0.787. The molecule has 0 saturated carbocycles. The number of para-hydroxylation sites is 1. The van der Waals surface area contributed by atoms with Gasteiger partial charge < -0.3 is 25.2 Å². The van der Waals surface area contributed by atoms with Crippen LogP contribution in [0.2, 0.25) is 0 Å². The lowest BCUT2D eigenvalue weighted by molar-refractivity contribution is -0.161. The average Bonchev–Trinajstić information content (AvgIpc) is 2.73. The van der Waals surface area contributed by atoms with E-state index in [4.69, 9.17) is 15.2 Å². The molecular weight excluding hydrogens is 396 g/mol. The summed E-state index contributed by atoms with van der Waals surface area (Å²) in [5.41, 5.74) is 5.11. The Labute approximate surface area is 181 Å². The van der Waals surface area contributed by atoms with Crippen molar-refractivity contribution in [3.8, 4) is 11.5 Å². The summed E-state index contributed by atoms with van der Waals surface area (Å²) in [6.07, 6.45) is -0.147. The number of carbonyl (C=O) groups excluding carboxylic acids is 2. The van der Waals surface area contributed by atoms with E-state index < -0.39 is 29.1 Å². The van der Waals surface area contributed by atoms with Gasteiger partial charge >= 0.3 is 0 Å². The van der Waals surface area contributed by atoms with Crippen molar-refractivity contribution in [1.29, 1.82) is 0 Å². The van der Waals surface area contributed by atoms with Crippen molar-refractivity contribution in [2.45, 2.75) is 49.9 Å². The maximum Gasteiger partial charge on any atom is 0.267 e. The van der Waals surface area contributed by atoms with Gasteiger partial charge in [-0.1, -0.05) is 18.2 Å². The minimum Gasteiger partial charge on any atom is -0.485 e. The molecule has 0 spiro atoms. The largest absolute Gasteiger partial charge is 0.485 e. The summed E-state index contributed by atoms with van der Waals surface area (Å²) in [6, 6.07) is 12.4. The van der Waals surface area contributed by atoms with Gasteiger partial charge in [0.05, 0.1) is 5.92 Å². The molecule has 0 radical (unpaired) electrons. The van der Waals surface area contributed by atoms with Crippen molar-refractivity contribution in [3.63, 3.8) is 0 Å². The molecular formula is C24H28N2O5. The van der Waals surface area contributed by atoms with E-state index in [-0.39, 0.29) is 5.91 Å². The van der Waals surface area contributed by atoms with Crippen LogP contribution < -0.4 is 15.2 Å². The first-order valence-corrected chi connectivity index (χ1v) is 10.4. The van der Waals surface area contributed by atoms with Crippen LogP contribution in [0.15, 0.2) is 42.5 Å². The number of hydrogen-bond acceptors (Lipinski definition) is 5.